The average Bonchev–Trinajstić information content (AvgIpc) is 2.46. The number of hydrogen-bond acceptors (Lipinski definition) is 4. The molecule has 8 heteroatoms. The van der Waals surface area contributed by atoms with Gasteiger partial charge in [0.1, 0.15) is 5.82 Å². The van der Waals surface area contributed by atoms with Gasteiger partial charge >= 0.3 is 0 Å². The predicted molar refractivity (Wildman–Crippen MR) is 64.5 cm³/mol. The van der Waals surface area contributed by atoms with E-state index in [9.17, 15) is 8.42 Å². The number of aryl methyl sites for hydroxylation is 2. The number of nitrogens with two attached hydrogens (primary N) is 1. The van der Waals surface area contributed by atoms with E-state index in [-0.39, 0.29) is 16.6 Å². The lowest BCUT2D eigenvalue weighted by Crippen LogP contribution is -2.27. The number of imidazole rings is 1. The van der Waals surface area contributed by atoms with Gasteiger partial charge in [0.05, 0.1) is 4.99 Å². The quantitative estimate of drug-likeness (QED) is 0.710. The van der Waals surface area contributed by atoms with Crippen molar-refractivity contribution in [1.82, 2.24) is 14.3 Å². The Morgan fingerprint density at radius 1 is 1.69 bits per heavy atom. The minimum atomic E-state index is -3.55. The lowest BCUT2D eigenvalue weighted by Gasteiger charge is -2.02. The standard InChI is InChI=1S/C8H14N4O2S2/c1-6-11-8(5-12(6)2)16(13,14)10-4-3-7(9)15/h5,10H,3-4H2,1-2H3,(H2,9,15). The van der Waals surface area contributed by atoms with Crippen LogP contribution in [0.1, 0.15) is 12.2 Å². The molecule has 0 saturated carbocycles. The van der Waals surface area contributed by atoms with Gasteiger partial charge in [-0.25, -0.2) is 18.1 Å². The van der Waals surface area contributed by atoms with Crippen molar-refractivity contribution in [2.24, 2.45) is 12.8 Å². The SMILES string of the molecule is Cc1nc(S(=O)(=O)NCCC(N)=S)cn1C. The number of hydrogen-bond donors (Lipinski definition) is 2. The Hall–Kier alpha value is -0.990. The second-order valence-corrected chi connectivity index (χ2v) is 5.59. The van der Waals surface area contributed by atoms with Gasteiger partial charge < -0.3 is 10.3 Å². The van der Waals surface area contributed by atoms with Gasteiger partial charge in [-0.15, -0.1) is 0 Å². The largest absolute Gasteiger partial charge is 0.393 e. The molecule has 0 unspecified atom stereocenters. The van der Waals surface area contributed by atoms with Gasteiger partial charge in [0, 0.05) is 26.2 Å². The van der Waals surface area contributed by atoms with Crippen molar-refractivity contribution in [3.8, 4) is 0 Å². The van der Waals surface area contributed by atoms with Crippen LogP contribution < -0.4 is 10.5 Å². The van der Waals surface area contributed by atoms with Crippen LogP contribution in [0.15, 0.2) is 11.2 Å². The lowest BCUT2D eigenvalue weighted by molar-refractivity contribution is 0.579. The van der Waals surface area contributed by atoms with Crippen LogP contribution in [0.5, 0.6) is 0 Å². The number of nitrogens with one attached hydrogen (secondary N) is 1. The highest BCUT2D eigenvalue weighted by Crippen LogP contribution is 2.06. The summed E-state index contributed by atoms with van der Waals surface area (Å²) in [4.78, 5) is 4.21. The van der Waals surface area contributed by atoms with Crippen molar-refractivity contribution in [2.45, 2.75) is 18.4 Å². The fourth-order valence-electron chi connectivity index (χ4n) is 1.04. The maximum Gasteiger partial charge on any atom is 0.259 e. The smallest absolute Gasteiger partial charge is 0.259 e. The van der Waals surface area contributed by atoms with E-state index in [2.05, 4.69) is 21.9 Å². The van der Waals surface area contributed by atoms with Gasteiger partial charge in [-0.3, -0.25) is 0 Å². The Morgan fingerprint density at radius 2 is 2.31 bits per heavy atom. The molecular formula is C8H14N4O2S2. The van der Waals surface area contributed by atoms with Crippen LogP contribution in [0.3, 0.4) is 0 Å². The Labute approximate surface area is 99.9 Å². The third kappa shape index (κ3) is 3.26. The third-order valence-corrected chi connectivity index (χ3v) is 3.56. The average molecular weight is 262 g/mol. The molecule has 1 heterocycles. The van der Waals surface area contributed by atoms with Crippen molar-refractivity contribution in [2.75, 3.05) is 6.54 Å². The minimum absolute atomic E-state index is 0.00967. The molecule has 0 spiro atoms. The number of rotatable bonds is 5. The second kappa shape index (κ2) is 4.89. The van der Waals surface area contributed by atoms with Crippen LogP contribution in [0.2, 0.25) is 0 Å². The first kappa shape index (κ1) is 13.1. The third-order valence-electron chi connectivity index (χ3n) is 2.03. The fraction of sp³-hybridized carbons (Fsp3) is 0.500. The summed E-state index contributed by atoms with van der Waals surface area (Å²) < 4.78 is 27.4. The van der Waals surface area contributed by atoms with Gasteiger partial charge in [0.2, 0.25) is 0 Å². The minimum Gasteiger partial charge on any atom is -0.393 e. The summed E-state index contributed by atoms with van der Waals surface area (Å²) in [5.41, 5.74) is 5.27. The van der Waals surface area contributed by atoms with Crippen LogP contribution in [-0.4, -0.2) is 29.5 Å². The van der Waals surface area contributed by atoms with Crippen LogP contribution in [-0.2, 0) is 17.1 Å². The van der Waals surface area contributed by atoms with Gasteiger partial charge in [-0.1, -0.05) is 12.2 Å². The molecule has 0 radical (unpaired) electrons. The molecular weight excluding hydrogens is 248 g/mol. The molecule has 1 rings (SSSR count). The molecule has 0 aliphatic carbocycles. The number of sulfonamides is 1. The van der Waals surface area contributed by atoms with Crippen molar-refractivity contribution in [3.05, 3.63) is 12.0 Å². The number of thiocarbonyl (C=S) groups is 1. The monoisotopic (exact) mass is 262 g/mol. The van der Waals surface area contributed by atoms with E-state index in [1.807, 2.05) is 0 Å². The Kier molecular flexibility index (Phi) is 4.00. The second-order valence-electron chi connectivity index (χ2n) is 3.35. The Bertz CT molecular complexity index is 473. The molecule has 0 fully saturated rings. The first-order chi connectivity index (χ1) is 7.33. The summed E-state index contributed by atoms with van der Waals surface area (Å²) >= 11 is 4.65. The summed E-state index contributed by atoms with van der Waals surface area (Å²) in [6.07, 6.45) is 1.79. The molecule has 6 nitrogen and oxygen atoms in total. The summed E-state index contributed by atoms with van der Waals surface area (Å²) in [5.74, 6) is 0.634. The molecule has 90 valence electrons. The lowest BCUT2D eigenvalue weighted by atomic mass is 10.4. The van der Waals surface area contributed by atoms with E-state index in [0.29, 0.717) is 12.2 Å². The predicted octanol–water partition coefficient (Wildman–Crippen LogP) is -0.317. The highest BCUT2D eigenvalue weighted by Gasteiger charge is 2.17. The van der Waals surface area contributed by atoms with Crippen LogP contribution in [0.4, 0.5) is 0 Å². The van der Waals surface area contributed by atoms with Crippen molar-refractivity contribution in [3.63, 3.8) is 0 Å². The van der Waals surface area contributed by atoms with E-state index in [0.717, 1.165) is 0 Å². The molecule has 0 amide bonds. The van der Waals surface area contributed by atoms with Gasteiger partial charge in [-0.05, 0) is 6.92 Å². The summed E-state index contributed by atoms with van der Waals surface area (Å²) in [6.45, 7) is 1.92. The molecule has 16 heavy (non-hydrogen) atoms. The van der Waals surface area contributed by atoms with E-state index >= 15 is 0 Å². The van der Waals surface area contributed by atoms with E-state index < -0.39 is 10.0 Å². The topological polar surface area (TPSA) is 90.0 Å². The number of nitrogens with zero attached hydrogens (tertiary/aromatic N) is 2. The van der Waals surface area contributed by atoms with E-state index in [4.69, 9.17) is 5.73 Å². The van der Waals surface area contributed by atoms with Crippen molar-refractivity contribution >= 4 is 27.2 Å². The van der Waals surface area contributed by atoms with E-state index in [1.165, 1.54) is 6.20 Å². The molecule has 0 atom stereocenters. The molecule has 0 saturated heterocycles. The van der Waals surface area contributed by atoms with Crippen molar-refractivity contribution < 1.29 is 8.42 Å². The molecule has 0 aromatic carbocycles. The maximum atomic E-state index is 11.7. The van der Waals surface area contributed by atoms with Crippen LogP contribution >= 0.6 is 12.2 Å². The first-order valence-corrected chi connectivity index (χ1v) is 6.50. The van der Waals surface area contributed by atoms with E-state index in [1.54, 1.807) is 18.5 Å². The fourth-order valence-corrected chi connectivity index (χ4v) is 2.21. The zero-order chi connectivity index (χ0) is 12.3. The number of aromatic nitrogens is 2. The normalized spacial score (nSPS) is 11.6. The molecule has 0 aliphatic heterocycles. The van der Waals surface area contributed by atoms with Crippen LogP contribution in [0, 0.1) is 6.92 Å². The van der Waals surface area contributed by atoms with Gasteiger partial charge in [0.15, 0.2) is 5.03 Å². The molecule has 1 aromatic heterocycles. The van der Waals surface area contributed by atoms with Gasteiger partial charge in [0.25, 0.3) is 10.0 Å². The highest BCUT2D eigenvalue weighted by molar-refractivity contribution is 7.89. The molecule has 1 aromatic rings. The zero-order valence-corrected chi connectivity index (χ0v) is 10.7. The maximum absolute atomic E-state index is 11.7. The summed E-state index contributed by atoms with van der Waals surface area (Å²) in [6, 6.07) is 0. The highest BCUT2D eigenvalue weighted by atomic mass is 32.2. The zero-order valence-electron chi connectivity index (χ0n) is 9.10. The molecule has 0 aliphatic rings. The molecule has 3 N–H and O–H groups in total. The van der Waals surface area contributed by atoms with Crippen LogP contribution in [0.25, 0.3) is 0 Å². The van der Waals surface area contributed by atoms with Gasteiger partial charge in [-0.2, -0.15) is 0 Å². The summed E-state index contributed by atoms with van der Waals surface area (Å²) in [7, 11) is -1.82. The Balaban J connectivity index is 2.74. The summed E-state index contributed by atoms with van der Waals surface area (Å²) in [5, 5.41) is 0.00967. The first-order valence-electron chi connectivity index (χ1n) is 4.61. The van der Waals surface area contributed by atoms with Crippen molar-refractivity contribution in [1.29, 1.82) is 0 Å². The molecule has 0 bridgehead atoms. The Morgan fingerprint density at radius 3 is 2.75 bits per heavy atom.